The second kappa shape index (κ2) is 4.89. The number of urea groups is 1. The second-order valence-corrected chi connectivity index (χ2v) is 7.58. The van der Waals surface area contributed by atoms with E-state index in [0.717, 1.165) is 12.5 Å². The highest BCUT2D eigenvalue weighted by Crippen LogP contribution is 2.60. The minimum atomic E-state index is -0.774. The van der Waals surface area contributed by atoms with Crippen LogP contribution in [0.5, 0.6) is 0 Å². The first-order valence-corrected chi connectivity index (χ1v) is 8.16. The van der Waals surface area contributed by atoms with Gasteiger partial charge in [-0.05, 0) is 49.4 Å². The Labute approximate surface area is 126 Å². The van der Waals surface area contributed by atoms with E-state index < -0.39 is 11.4 Å². The third kappa shape index (κ3) is 2.51. The molecular weight excluding hydrogens is 268 g/mol. The highest BCUT2D eigenvalue weighted by Gasteiger charge is 2.54. The van der Waals surface area contributed by atoms with Crippen LogP contribution in [0.1, 0.15) is 46.0 Å². The van der Waals surface area contributed by atoms with Crippen molar-refractivity contribution in [3.8, 4) is 0 Å². The molecular formula is C16H26N2O3. The lowest BCUT2D eigenvalue weighted by Crippen LogP contribution is -2.45. The molecule has 0 bridgehead atoms. The van der Waals surface area contributed by atoms with Crippen LogP contribution in [0.2, 0.25) is 0 Å². The van der Waals surface area contributed by atoms with Crippen molar-refractivity contribution < 1.29 is 14.7 Å². The van der Waals surface area contributed by atoms with Crippen LogP contribution < -0.4 is 5.32 Å². The Hall–Kier alpha value is -1.26. The number of amides is 2. The van der Waals surface area contributed by atoms with Gasteiger partial charge in [0, 0.05) is 19.6 Å². The molecule has 5 heteroatoms. The number of aliphatic carboxylic acids is 1. The van der Waals surface area contributed by atoms with Crippen LogP contribution in [-0.4, -0.2) is 41.6 Å². The zero-order valence-corrected chi connectivity index (χ0v) is 13.0. The van der Waals surface area contributed by atoms with E-state index in [9.17, 15) is 14.7 Å². The first-order chi connectivity index (χ1) is 9.90. The fraction of sp³-hybridized carbons (Fsp3) is 0.875. The summed E-state index contributed by atoms with van der Waals surface area (Å²) in [6, 6.07) is -0.0781. The minimum absolute atomic E-state index is 0.0361. The van der Waals surface area contributed by atoms with Crippen molar-refractivity contribution in [1.82, 2.24) is 10.2 Å². The number of nitrogens with one attached hydrogen (secondary N) is 1. The van der Waals surface area contributed by atoms with Gasteiger partial charge < -0.3 is 15.3 Å². The van der Waals surface area contributed by atoms with Crippen molar-refractivity contribution in [2.24, 2.45) is 22.7 Å². The third-order valence-electron chi connectivity index (χ3n) is 6.05. The number of carboxylic acid groups (broad SMARTS) is 1. The lowest BCUT2D eigenvalue weighted by Gasteiger charge is -2.29. The summed E-state index contributed by atoms with van der Waals surface area (Å²) < 4.78 is 0. The van der Waals surface area contributed by atoms with Crippen molar-refractivity contribution >= 4 is 12.0 Å². The number of hydrogen-bond acceptors (Lipinski definition) is 2. The van der Waals surface area contributed by atoms with Gasteiger partial charge in [0.2, 0.25) is 0 Å². The second-order valence-electron chi connectivity index (χ2n) is 7.58. The van der Waals surface area contributed by atoms with Gasteiger partial charge in [0.15, 0.2) is 0 Å². The lowest BCUT2D eigenvalue weighted by molar-refractivity contribution is -0.150. The number of hydrogen-bond donors (Lipinski definition) is 2. The molecule has 0 aromatic rings. The Morgan fingerprint density at radius 1 is 1.29 bits per heavy atom. The van der Waals surface area contributed by atoms with Gasteiger partial charge in [-0.1, -0.05) is 13.8 Å². The highest BCUT2D eigenvalue weighted by atomic mass is 16.4. The highest BCUT2D eigenvalue weighted by molar-refractivity contribution is 5.80. The standard InChI is InChI=1S/C16H26N2O3/c1-11(2)16(13(19)20)7-8-18(10-16)14(21)17-9-15(5-6-15)12-3-4-12/h11-12H,3-10H2,1-2H3,(H,17,21)(H,19,20). The first kappa shape index (κ1) is 14.7. The lowest BCUT2D eigenvalue weighted by atomic mass is 9.76. The van der Waals surface area contributed by atoms with Gasteiger partial charge in [-0.15, -0.1) is 0 Å². The number of likely N-dealkylation sites (tertiary alicyclic amines) is 1. The zero-order valence-electron chi connectivity index (χ0n) is 13.0. The molecule has 5 nitrogen and oxygen atoms in total. The van der Waals surface area contributed by atoms with Crippen molar-refractivity contribution in [3.63, 3.8) is 0 Å². The average molecular weight is 294 g/mol. The largest absolute Gasteiger partial charge is 0.481 e. The number of carbonyl (C=O) groups excluding carboxylic acids is 1. The molecule has 1 unspecified atom stereocenters. The van der Waals surface area contributed by atoms with Gasteiger partial charge >= 0.3 is 12.0 Å². The molecule has 0 aromatic carbocycles. The van der Waals surface area contributed by atoms with Crippen LogP contribution in [0.3, 0.4) is 0 Å². The molecule has 1 saturated heterocycles. The van der Waals surface area contributed by atoms with Gasteiger partial charge in [-0.3, -0.25) is 4.79 Å². The molecule has 21 heavy (non-hydrogen) atoms. The molecule has 0 spiro atoms. The predicted octanol–water partition coefficient (Wildman–Crippen LogP) is 2.32. The average Bonchev–Trinajstić information content (AvgIpc) is 3.32. The van der Waals surface area contributed by atoms with Gasteiger partial charge in [0.25, 0.3) is 0 Å². The van der Waals surface area contributed by atoms with Crippen molar-refractivity contribution in [2.75, 3.05) is 19.6 Å². The summed E-state index contributed by atoms with van der Waals surface area (Å²) in [7, 11) is 0. The summed E-state index contributed by atoms with van der Waals surface area (Å²) in [4.78, 5) is 25.6. The third-order valence-corrected chi connectivity index (χ3v) is 6.05. The number of nitrogens with zero attached hydrogens (tertiary/aromatic N) is 1. The van der Waals surface area contributed by atoms with Gasteiger partial charge in [0.05, 0.1) is 5.41 Å². The minimum Gasteiger partial charge on any atom is -0.481 e. The van der Waals surface area contributed by atoms with E-state index in [-0.39, 0.29) is 11.9 Å². The molecule has 1 atom stereocenters. The molecule has 2 saturated carbocycles. The monoisotopic (exact) mass is 294 g/mol. The first-order valence-electron chi connectivity index (χ1n) is 8.16. The van der Waals surface area contributed by atoms with Crippen molar-refractivity contribution in [3.05, 3.63) is 0 Å². The van der Waals surface area contributed by atoms with Crippen LogP contribution in [-0.2, 0) is 4.79 Å². The van der Waals surface area contributed by atoms with Crippen LogP contribution in [0, 0.1) is 22.7 Å². The van der Waals surface area contributed by atoms with Crippen molar-refractivity contribution in [2.45, 2.75) is 46.0 Å². The zero-order chi connectivity index (χ0) is 15.3. The van der Waals surface area contributed by atoms with Crippen LogP contribution in [0.4, 0.5) is 4.79 Å². The molecule has 1 aliphatic heterocycles. The van der Waals surface area contributed by atoms with E-state index >= 15 is 0 Å². The quantitative estimate of drug-likeness (QED) is 0.817. The fourth-order valence-corrected chi connectivity index (χ4v) is 3.85. The van der Waals surface area contributed by atoms with Crippen LogP contribution in [0.15, 0.2) is 0 Å². The Kier molecular flexibility index (Phi) is 3.41. The van der Waals surface area contributed by atoms with Crippen molar-refractivity contribution in [1.29, 1.82) is 0 Å². The smallest absolute Gasteiger partial charge is 0.317 e. The van der Waals surface area contributed by atoms with Gasteiger partial charge in [-0.25, -0.2) is 4.79 Å². The Morgan fingerprint density at radius 2 is 1.95 bits per heavy atom. The summed E-state index contributed by atoms with van der Waals surface area (Å²) in [5.41, 5.74) is -0.386. The molecule has 118 valence electrons. The topological polar surface area (TPSA) is 69.6 Å². The van der Waals surface area contributed by atoms with Crippen LogP contribution >= 0.6 is 0 Å². The number of carboxylic acids is 1. The summed E-state index contributed by atoms with van der Waals surface area (Å²) in [6.07, 6.45) is 5.66. The molecule has 2 N–H and O–H groups in total. The molecule has 0 radical (unpaired) electrons. The Balaban J connectivity index is 1.55. The van der Waals surface area contributed by atoms with E-state index in [4.69, 9.17) is 0 Å². The summed E-state index contributed by atoms with van der Waals surface area (Å²) in [5, 5.41) is 12.6. The molecule has 3 fully saturated rings. The van der Waals surface area contributed by atoms with E-state index in [1.807, 2.05) is 13.8 Å². The molecule has 0 aromatic heterocycles. The maximum absolute atomic E-state index is 12.3. The molecule has 2 aliphatic carbocycles. The number of carbonyl (C=O) groups is 2. The van der Waals surface area contributed by atoms with E-state index in [1.54, 1.807) is 4.90 Å². The number of rotatable bonds is 5. The Bertz CT molecular complexity index is 454. The molecule has 1 heterocycles. The molecule has 2 amide bonds. The molecule has 3 aliphatic rings. The van der Waals surface area contributed by atoms with E-state index in [1.165, 1.54) is 25.7 Å². The maximum atomic E-state index is 12.3. The van der Waals surface area contributed by atoms with Gasteiger partial charge in [-0.2, -0.15) is 0 Å². The molecule has 3 rings (SSSR count). The fourth-order valence-electron chi connectivity index (χ4n) is 3.85. The summed E-state index contributed by atoms with van der Waals surface area (Å²) >= 11 is 0. The van der Waals surface area contributed by atoms with Crippen LogP contribution in [0.25, 0.3) is 0 Å². The predicted molar refractivity (Wildman–Crippen MR) is 78.9 cm³/mol. The van der Waals surface area contributed by atoms with E-state index in [2.05, 4.69) is 5.32 Å². The SMILES string of the molecule is CC(C)C1(C(=O)O)CCN(C(=O)NCC2(C3CC3)CC2)C1. The maximum Gasteiger partial charge on any atom is 0.317 e. The summed E-state index contributed by atoms with van der Waals surface area (Å²) in [6.45, 7) is 5.52. The Morgan fingerprint density at radius 3 is 2.38 bits per heavy atom. The summed E-state index contributed by atoms with van der Waals surface area (Å²) in [5.74, 6) is 0.0867. The van der Waals surface area contributed by atoms with Gasteiger partial charge in [0.1, 0.15) is 0 Å². The normalized spacial score (nSPS) is 30.5. The van der Waals surface area contributed by atoms with E-state index in [0.29, 0.717) is 24.9 Å².